The second kappa shape index (κ2) is 14.0. The molecule has 0 atom stereocenters. The molecule has 3 heterocycles. The lowest BCUT2D eigenvalue weighted by Gasteiger charge is -2.30. The molecule has 0 spiro atoms. The molecular weight excluding hydrogens is 592 g/mol. The summed E-state index contributed by atoms with van der Waals surface area (Å²) >= 11 is 0. The van der Waals surface area contributed by atoms with Gasteiger partial charge in [0.15, 0.2) is 23.1 Å². The number of nitrogens with zero attached hydrogens (tertiary/aromatic N) is 4. The zero-order chi connectivity index (χ0) is 32.0. The molecule has 1 N–H and O–H groups in total. The lowest BCUT2D eigenvalue weighted by molar-refractivity contribution is 0.176. The fourth-order valence-corrected chi connectivity index (χ4v) is 5.57. The van der Waals surface area contributed by atoms with Crippen molar-refractivity contribution in [1.29, 1.82) is 0 Å². The number of likely N-dealkylation sites (tertiary alicyclic amines) is 1. The molecule has 2 amide bonds. The number of rotatable bonds is 10. The second-order valence-corrected chi connectivity index (χ2v) is 11.6. The van der Waals surface area contributed by atoms with E-state index in [4.69, 9.17) is 14.2 Å². The largest absolute Gasteiger partial charge is 0.493 e. The Morgan fingerprint density at radius 1 is 0.957 bits per heavy atom. The molecule has 2 aliphatic rings. The summed E-state index contributed by atoms with van der Waals surface area (Å²) < 4.78 is 46.1. The van der Waals surface area contributed by atoms with E-state index < -0.39 is 11.8 Å². The fraction of sp³-hybridized carbons (Fsp3) is 0.314. The van der Waals surface area contributed by atoms with Gasteiger partial charge in [0.25, 0.3) is 0 Å². The average molecular weight is 630 g/mol. The van der Waals surface area contributed by atoms with Gasteiger partial charge in [-0.05, 0) is 86.8 Å². The average Bonchev–Trinajstić information content (AvgIpc) is 3.56. The van der Waals surface area contributed by atoms with E-state index in [2.05, 4.69) is 22.1 Å². The molecule has 1 aromatic heterocycles. The van der Waals surface area contributed by atoms with Crippen molar-refractivity contribution in [3.8, 4) is 23.0 Å². The highest BCUT2D eigenvalue weighted by atomic mass is 19.1. The van der Waals surface area contributed by atoms with Crippen LogP contribution in [-0.2, 0) is 0 Å². The predicted molar refractivity (Wildman–Crippen MR) is 173 cm³/mol. The highest BCUT2D eigenvalue weighted by Gasteiger charge is 2.21. The lowest BCUT2D eigenvalue weighted by Crippen LogP contribution is -2.34. The van der Waals surface area contributed by atoms with Crippen molar-refractivity contribution in [1.82, 2.24) is 14.8 Å². The topological polar surface area (TPSA) is 79.4 Å². The van der Waals surface area contributed by atoms with Gasteiger partial charge in [-0.1, -0.05) is 6.92 Å². The number of benzene rings is 3. The number of aromatic nitrogens is 1. The summed E-state index contributed by atoms with van der Waals surface area (Å²) in [6.07, 6.45) is 8.31. The van der Waals surface area contributed by atoms with E-state index in [-0.39, 0.29) is 23.9 Å². The number of urea groups is 1. The van der Waals surface area contributed by atoms with Crippen molar-refractivity contribution < 1.29 is 27.8 Å². The molecule has 2 aliphatic heterocycles. The van der Waals surface area contributed by atoms with Gasteiger partial charge in [0.1, 0.15) is 18.2 Å². The van der Waals surface area contributed by atoms with Crippen LogP contribution in [0.3, 0.4) is 0 Å². The quantitative estimate of drug-likeness (QED) is 0.181. The summed E-state index contributed by atoms with van der Waals surface area (Å²) in [5.74, 6) is 1.32. The first-order chi connectivity index (χ1) is 22.4. The number of carbonyl (C=O) groups is 1. The highest BCUT2D eigenvalue weighted by molar-refractivity contribution is 5.91. The molecule has 6 rings (SSSR count). The first kappa shape index (κ1) is 31.1. The summed E-state index contributed by atoms with van der Waals surface area (Å²) in [6, 6.07) is 15.0. The van der Waals surface area contributed by atoms with E-state index >= 15 is 4.39 Å². The summed E-state index contributed by atoms with van der Waals surface area (Å²) in [7, 11) is 1.57. The van der Waals surface area contributed by atoms with Crippen LogP contribution in [0.2, 0.25) is 0 Å². The molecule has 11 heteroatoms. The van der Waals surface area contributed by atoms with Crippen LogP contribution in [0.15, 0.2) is 79.3 Å². The molecule has 46 heavy (non-hydrogen) atoms. The fourth-order valence-electron chi connectivity index (χ4n) is 5.57. The molecule has 0 aliphatic carbocycles. The minimum Gasteiger partial charge on any atom is -0.493 e. The van der Waals surface area contributed by atoms with Crippen molar-refractivity contribution in [2.45, 2.75) is 26.2 Å². The van der Waals surface area contributed by atoms with Gasteiger partial charge >= 0.3 is 6.03 Å². The second-order valence-electron chi connectivity index (χ2n) is 11.6. The Kier molecular flexibility index (Phi) is 9.49. The van der Waals surface area contributed by atoms with Gasteiger partial charge < -0.3 is 29.3 Å². The molecule has 1 saturated heterocycles. The van der Waals surface area contributed by atoms with E-state index in [9.17, 15) is 9.18 Å². The first-order valence-corrected chi connectivity index (χ1v) is 15.4. The van der Waals surface area contributed by atoms with Crippen LogP contribution >= 0.6 is 0 Å². The minimum absolute atomic E-state index is 0.0135. The lowest BCUT2D eigenvalue weighted by atomic mass is 9.99. The Morgan fingerprint density at radius 2 is 1.76 bits per heavy atom. The number of amides is 2. The third-order valence-electron chi connectivity index (χ3n) is 8.29. The standard InChI is InChI=1S/C35H37F2N5O4/c1-24-11-15-40(16-12-24)14-3-19-45-34-22-30-28(21-33(34)44-2)31(10-13-38-30)46-32-9-6-26(20-29(32)37)39-35(43)42-18-17-41(23-42)27-7-4-25(36)5-8-27/h4-10,13,17-18,20-22,24H,3,11-12,14-16,19,23H2,1-2H3,(H,39,43). The number of ether oxygens (including phenoxy) is 3. The molecule has 9 nitrogen and oxygen atoms in total. The zero-order valence-corrected chi connectivity index (χ0v) is 25.9. The van der Waals surface area contributed by atoms with Gasteiger partial charge in [0.2, 0.25) is 0 Å². The normalized spacial score (nSPS) is 15.4. The Balaban J connectivity index is 1.07. The van der Waals surface area contributed by atoms with Crippen molar-refractivity contribution in [3.63, 3.8) is 0 Å². The van der Waals surface area contributed by atoms with Gasteiger partial charge in [-0.15, -0.1) is 0 Å². The van der Waals surface area contributed by atoms with Crippen LogP contribution < -0.4 is 24.4 Å². The molecule has 0 bridgehead atoms. The number of nitrogens with one attached hydrogen (secondary N) is 1. The number of piperidine rings is 1. The Morgan fingerprint density at radius 3 is 2.52 bits per heavy atom. The predicted octanol–water partition coefficient (Wildman–Crippen LogP) is 7.60. The van der Waals surface area contributed by atoms with Crippen LogP contribution in [-0.4, -0.2) is 60.8 Å². The van der Waals surface area contributed by atoms with Gasteiger partial charge in [0.05, 0.1) is 19.2 Å². The summed E-state index contributed by atoms with van der Waals surface area (Å²) in [6.45, 7) is 6.37. The molecule has 0 radical (unpaired) electrons. The van der Waals surface area contributed by atoms with E-state index in [1.165, 1.54) is 42.0 Å². The Labute approximate surface area is 267 Å². The molecule has 4 aromatic rings. The third-order valence-corrected chi connectivity index (χ3v) is 8.29. The van der Waals surface area contributed by atoms with Crippen molar-refractivity contribution in [3.05, 3.63) is 90.9 Å². The van der Waals surface area contributed by atoms with E-state index in [1.54, 1.807) is 60.9 Å². The zero-order valence-electron chi connectivity index (χ0n) is 25.9. The Bertz CT molecular complexity index is 1710. The highest BCUT2D eigenvalue weighted by Crippen LogP contribution is 2.38. The van der Waals surface area contributed by atoms with E-state index in [0.29, 0.717) is 34.8 Å². The maximum absolute atomic E-state index is 15.2. The van der Waals surface area contributed by atoms with Crippen LogP contribution in [0.25, 0.3) is 10.9 Å². The maximum atomic E-state index is 15.2. The molecule has 0 unspecified atom stereocenters. The number of carbonyl (C=O) groups excluding carboxylic acids is 1. The van der Waals surface area contributed by atoms with Crippen molar-refractivity contribution in [2.75, 3.05) is 50.2 Å². The number of halogens is 2. The van der Waals surface area contributed by atoms with Gasteiger partial charge in [-0.2, -0.15) is 0 Å². The third kappa shape index (κ3) is 7.31. The SMILES string of the molecule is COc1cc2c(Oc3ccc(NC(=O)N4C=CN(c5ccc(F)cc5)C4)cc3F)ccnc2cc1OCCCN1CCC(C)CC1. The minimum atomic E-state index is -0.650. The number of pyridine rings is 1. The van der Waals surface area contributed by atoms with Crippen LogP contribution in [0.1, 0.15) is 26.2 Å². The summed E-state index contributed by atoms with van der Waals surface area (Å²) in [4.78, 5) is 23.0. The first-order valence-electron chi connectivity index (χ1n) is 15.4. The van der Waals surface area contributed by atoms with Crippen LogP contribution in [0.4, 0.5) is 25.0 Å². The maximum Gasteiger partial charge on any atom is 0.327 e. The van der Waals surface area contributed by atoms with Gasteiger partial charge in [0, 0.05) is 54.0 Å². The molecule has 240 valence electrons. The molecule has 1 fully saturated rings. The number of hydrogen-bond donors (Lipinski definition) is 1. The van der Waals surface area contributed by atoms with Gasteiger partial charge in [-0.25, -0.2) is 13.6 Å². The smallest absolute Gasteiger partial charge is 0.327 e. The van der Waals surface area contributed by atoms with Crippen molar-refractivity contribution >= 4 is 28.3 Å². The van der Waals surface area contributed by atoms with Crippen LogP contribution in [0.5, 0.6) is 23.0 Å². The van der Waals surface area contributed by atoms with E-state index in [1.807, 2.05) is 6.07 Å². The Hall–Kier alpha value is -4.90. The molecule has 0 saturated carbocycles. The number of anilines is 2. The van der Waals surface area contributed by atoms with E-state index in [0.717, 1.165) is 37.7 Å². The van der Waals surface area contributed by atoms with Crippen molar-refractivity contribution in [2.24, 2.45) is 5.92 Å². The number of hydrogen-bond acceptors (Lipinski definition) is 7. The monoisotopic (exact) mass is 629 g/mol. The summed E-state index contributed by atoms with van der Waals surface area (Å²) in [5, 5.41) is 3.34. The molecular formula is C35H37F2N5O4. The molecule has 3 aromatic carbocycles. The number of fused-ring (bicyclic) bond motifs is 1. The van der Waals surface area contributed by atoms with Gasteiger partial charge in [-0.3, -0.25) is 9.88 Å². The number of methoxy groups -OCH3 is 1. The van der Waals surface area contributed by atoms with Crippen LogP contribution in [0, 0.1) is 17.6 Å². The summed E-state index contributed by atoms with van der Waals surface area (Å²) in [5.41, 5.74) is 1.63.